The van der Waals surface area contributed by atoms with Crippen LogP contribution in [0.25, 0.3) is 0 Å². The molecular weight excluding hydrogens is 469 g/mol. The summed E-state index contributed by atoms with van der Waals surface area (Å²) in [4.78, 5) is 27.8. The summed E-state index contributed by atoms with van der Waals surface area (Å²) >= 11 is 6.14. The van der Waals surface area contributed by atoms with E-state index >= 15 is 0 Å². The summed E-state index contributed by atoms with van der Waals surface area (Å²) in [6.45, 7) is 3.66. The number of halogens is 4. The molecule has 2 bridgehead atoms. The number of aromatic nitrogens is 2. The number of alkyl halides is 2. The third-order valence-electron chi connectivity index (χ3n) is 7.26. The van der Waals surface area contributed by atoms with Gasteiger partial charge in [-0.3, -0.25) is 4.90 Å². The second kappa shape index (κ2) is 8.88. The number of nitrogens with one attached hydrogen (secondary N) is 1. The van der Waals surface area contributed by atoms with E-state index in [9.17, 15) is 18.0 Å². The molecule has 1 aromatic heterocycles. The van der Waals surface area contributed by atoms with Crippen molar-refractivity contribution in [1.82, 2.24) is 24.7 Å². The number of fused-ring (bicyclic) bond motifs is 3. The summed E-state index contributed by atoms with van der Waals surface area (Å²) in [5, 5.41) is 3.10. The summed E-state index contributed by atoms with van der Waals surface area (Å²) in [7, 11) is 2.12. The van der Waals surface area contributed by atoms with Crippen LogP contribution in [0.5, 0.6) is 0 Å². The van der Waals surface area contributed by atoms with Crippen LogP contribution >= 0.6 is 11.6 Å². The molecule has 1 N–H and O–H groups in total. The number of amides is 2. The number of rotatable bonds is 4. The van der Waals surface area contributed by atoms with Crippen molar-refractivity contribution >= 4 is 23.4 Å². The predicted molar refractivity (Wildman–Crippen MR) is 121 cm³/mol. The average molecular weight is 495 g/mol. The number of likely N-dealkylation sites (N-methyl/N-ethyl adjacent to an activating group) is 1. The normalized spacial score (nSPS) is 22.9. The maximum Gasteiger partial charge on any atom is 0.320 e. The summed E-state index contributed by atoms with van der Waals surface area (Å²) in [6.07, 6.45) is -0.711. The minimum absolute atomic E-state index is 0.00203. The highest BCUT2D eigenvalue weighted by Gasteiger charge is 2.41. The number of carbonyl (C=O) groups excluding carboxylic acids is 1. The van der Waals surface area contributed by atoms with Crippen LogP contribution in [0.3, 0.4) is 0 Å². The number of likely N-dealkylation sites (tertiary alicyclic amines) is 1. The molecule has 2 amide bonds. The van der Waals surface area contributed by atoms with Gasteiger partial charge in [-0.2, -0.15) is 0 Å². The first-order valence-electron chi connectivity index (χ1n) is 11.4. The summed E-state index contributed by atoms with van der Waals surface area (Å²) in [5.41, 5.74) is 0.782. The molecule has 2 unspecified atom stereocenters. The monoisotopic (exact) mass is 494 g/mol. The molecule has 5 rings (SSSR count). The fraction of sp³-hybridized carbons (Fsp3) is 0.522. The van der Waals surface area contributed by atoms with Gasteiger partial charge in [-0.1, -0.05) is 18.2 Å². The molecule has 7 nitrogen and oxygen atoms in total. The van der Waals surface area contributed by atoms with Gasteiger partial charge in [-0.15, -0.1) is 0 Å². The molecule has 4 heterocycles. The van der Waals surface area contributed by atoms with E-state index in [2.05, 4.69) is 27.2 Å². The molecular formula is C23H26ClF3N6O. The van der Waals surface area contributed by atoms with Crippen LogP contribution in [-0.2, 0) is 13.1 Å². The van der Waals surface area contributed by atoms with E-state index in [0.29, 0.717) is 55.3 Å². The molecule has 11 heteroatoms. The highest BCUT2D eigenvalue weighted by Crippen LogP contribution is 2.34. The minimum atomic E-state index is -2.91. The van der Waals surface area contributed by atoms with Crippen molar-refractivity contribution in [1.29, 1.82) is 0 Å². The lowest BCUT2D eigenvalue weighted by Crippen LogP contribution is -2.56. The quantitative estimate of drug-likeness (QED) is 0.630. The average Bonchev–Trinajstić information content (AvgIpc) is 3.28. The molecule has 1 aromatic carbocycles. The Hall–Kier alpha value is -2.59. The number of nitrogens with zero attached hydrogens (tertiary/aromatic N) is 5. The molecule has 2 fully saturated rings. The van der Waals surface area contributed by atoms with E-state index in [1.54, 1.807) is 11.8 Å². The van der Waals surface area contributed by atoms with Gasteiger partial charge < -0.3 is 15.1 Å². The molecule has 0 radical (unpaired) electrons. The van der Waals surface area contributed by atoms with Gasteiger partial charge in [0.05, 0.1) is 30.4 Å². The lowest BCUT2D eigenvalue weighted by atomic mass is 10.0. The van der Waals surface area contributed by atoms with E-state index in [-0.39, 0.29) is 16.9 Å². The molecule has 182 valence electrons. The lowest BCUT2D eigenvalue weighted by molar-refractivity contribution is 0.0841. The van der Waals surface area contributed by atoms with Gasteiger partial charge in [-0.25, -0.2) is 27.9 Å². The van der Waals surface area contributed by atoms with Crippen LogP contribution in [0.15, 0.2) is 18.2 Å². The molecule has 2 saturated heterocycles. The Morgan fingerprint density at radius 2 is 1.79 bits per heavy atom. The van der Waals surface area contributed by atoms with Crippen molar-refractivity contribution < 1.29 is 18.0 Å². The minimum Gasteiger partial charge on any atom is -0.363 e. The van der Waals surface area contributed by atoms with Crippen molar-refractivity contribution in [2.75, 3.05) is 25.5 Å². The highest BCUT2D eigenvalue weighted by molar-refractivity contribution is 6.28. The Labute approximate surface area is 200 Å². The molecule has 2 aromatic rings. The van der Waals surface area contributed by atoms with Crippen molar-refractivity contribution in [3.8, 4) is 0 Å². The van der Waals surface area contributed by atoms with Crippen molar-refractivity contribution in [3.63, 3.8) is 0 Å². The van der Waals surface area contributed by atoms with E-state index in [4.69, 9.17) is 11.6 Å². The van der Waals surface area contributed by atoms with Crippen LogP contribution in [0.2, 0.25) is 5.28 Å². The molecule has 3 aliphatic rings. The van der Waals surface area contributed by atoms with Crippen LogP contribution in [0.1, 0.15) is 54.6 Å². The number of anilines is 1. The number of carbonyl (C=O) groups is 1. The second-order valence-electron chi connectivity index (χ2n) is 9.28. The first-order chi connectivity index (χ1) is 16.2. The van der Waals surface area contributed by atoms with Gasteiger partial charge in [0.1, 0.15) is 11.6 Å². The zero-order chi connectivity index (χ0) is 24.1. The predicted octanol–water partition coefficient (Wildman–Crippen LogP) is 4.59. The van der Waals surface area contributed by atoms with Crippen LogP contribution in [0, 0.1) is 5.82 Å². The number of benzene rings is 1. The van der Waals surface area contributed by atoms with E-state index in [0.717, 1.165) is 18.9 Å². The number of urea groups is 1. The first kappa shape index (κ1) is 23.2. The van der Waals surface area contributed by atoms with Crippen LogP contribution in [-0.4, -0.2) is 62.9 Å². The zero-order valence-corrected chi connectivity index (χ0v) is 19.7. The van der Waals surface area contributed by atoms with Crippen LogP contribution < -0.4 is 5.32 Å². The zero-order valence-electron chi connectivity index (χ0n) is 18.9. The fourth-order valence-electron chi connectivity index (χ4n) is 5.30. The van der Waals surface area contributed by atoms with Crippen molar-refractivity contribution in [2.24, 2.45) is 0 Å². The summed E-state index contributed by atoms with van der Waals surface area (Å²) < 4.78 is 40.9. The Morgan fingerprint density at radius 3 is 2.47 bits per heavy atom. The Kier molecular flexibility index (Phi) is 6.05. The Bertz CT molecular complexity index is 1100. The molecule has 0 aliphatic carbocycles. The van der Waals surface area contributed by atoms with E-state index in [1.165, 1.54) is 12.1 Å². The lowest BCUT2D eigenvalue weighted by Gasteiger charge is -2.40. The van der Waals surface area contributed by atoms with Gasteiger partial charge in [0.15, 0.2) is 0 Å². The third-order valence-corrected chi connectivity index (χ3v) is 7.43. The summed E-state index contributed by atoms with van der Waals surface area (Å²) in [5.74, 6) is -0.575. The van der Waals surface area contributed by atoms with Gasteiger partial charge in [-0.05, 0) is 38.4 Å². The first-order valence-corrected chi connectivity index (χ1v) is 11.7. The topological polar surface area (TPSA) is 64.6 Å². The van der Waals surface area contributed by atoms with Gasteiger partial charge >= 0.3 is 6.03 Å². The molecule has 0 saturated carbocycles. The molecule has 3 atom stereocenters. The van der Waals surface area contributed by atoms with E-state index < -0.39 is 23.8 Å². The van der Waals surface area contributed by atoms with Crippen molar-refractivity contribution in [3.05, 3.63) is 51.7 Å². The smallest absolute Gasteiger partial charge is 0.320 e. The second-order valence-corrected chi connectivity index (χ2v) is 9.62. The highest BCUT2D eigenvalue weighted by atomic mass is 35.5. The van der Waals surface area contributed by atoms with Crippen LogP contribution in [0.4, 0.5) is 23.8 Å². The Balaban J connectivity index is 1.34. The molecule has 3 aliphatic heterocycles. The maximum atomic E-state index is 14.7. The Morgan fingerprint density at radius 1 is 1.12 bits per heavy atom. The van der Waals surface area contributed by atoms with Gasteiger partial charge in [0.2, 0.25) is 5.28 Å². The third kappa shape index (κ3) is 4.07. The SMILES string of the molecule is C[C@@H](Nc1nc(Cl)nc2c1CN(C(=O)N1CC3CCC(C1)N3C)C2)c1cccc(C(F)F)c1F. The van der Waals surface area contributed by atoms with Gasteiger partial charge in [0, 0.05) is 36.3 Å². The van der Waals surface area contributed by atoms with E-state index in [1.807, 2.05) is 4.90 Å². The maximum absolute atomic E-state index is 14.7. The molecule has 0 spiro atoms. The molecule has 34 heavy (non-hydrogen) atoms. The standard InChI is InChI=1S/C23H26ClF3N6O/c1-12(15-4-3-5-16(19(15)25)20(26)27)28-21-17-10-33(11-18(17)29-22(24)30-21)23(34)32-8-13-6-7-14(9-32)31(13)2/h3-5,12-14,20H,6-11H2,1-2H3,(H,28,29,30)/t12-,13?,14?/m1/s1. The largest absolute Gasteiger partial charge is 0.363 e. The number of hydrogen-bond donors (Lipinski definition) is 1. The number of piperazine rings is 1. The summed E-state index contributed by atoms with van der Waals surface area (Å²) in [6, 6.07) is 4.00. The van der Waals surface area contributed by atoms with Crippen molar-refractivity contribution in [2.45, 2.75) is 57.4 Å². The fourth-order valence-corrected chi connectivity index (χ4v) is 5.49. The number of hydrogen-bond acceptors (Lipinski definition) is 5. The van der Waals surface area contributed by atoms with Gasteiger partial charge in [0.25, 0.3) is 6.43 Å².